The van der Waals surface area contributed by atoms with Gasteiger partial charge in [0.25, 0.3) is 0 Å². The fourth-order valence-corrected chi connectivity index (χ4v) is 2.64. The van der Waals surface area contributed by atoms with Gasteiger partial charge in [-0.15, -0.1) is 0 Å². The Kier molecular flexibility index (Phi) is 7.92. The SMILES string of the molecule is CC(C)(C)NCCCCCCN1CCCCCC1. The van der Waals surface area contributed by atoms with E-state index in [1.807, 2.05) is 0 Å². The quantitative estimate of drug-likeness (QED) is 0.695. The van der Waals surface area contributed by atoms with Crippen LogP contribution in [0.2, 0.25) is 0 Å². The second-order valence-electron chi connectivity index (χ2n) is 6.85. The van der Waals surface area contributed by atoms with Gasteiger partial charge in [-0.05, 0) is 72.6 Å². The van der Waals surface area contributed by atoms with Crippen molar-refractivity contribution in [3.05, 3.63) is 0 Å². The molecule has 2 heteroatoms. The predicted octanol–water partition coefficient (Wildman–Crippen LogP) is 3.81. The van der Waals surface area contributed by atoms with E-state index < -0.39 is 0 Å². The molecule has 1 rings (SSSR count). The largest absolute Gasteiger partial charge is 0.312 e. The Bertz CT molecular complexity index is 188. The lowest BCUT2D eigenvalue weighted by Gasteiger charge is -2.21. The van der Waals surface area contributed by atoms with Crippen molar-refractivity contribution in [2.45, 2.75) is 77.7 Å². The molecule has 0 spiro atoms. The minimum absolute atomic E-state index is 0.284. The molecule has 0 saturated carbocycles. The predicted molar refractivity (Wildman–Crippen MR) is 81.1 cm³/mol. The Morgan fingerprint density at radius 3 is 2.06 bits per heavy atom. The number of rotatable bonds is 7. The lowest BCUT2D eigenvalue weighted by Crippen LogP contribution is -2.36. The van der Waals surface area contributed by atoms with E-state index in [4.69, 9.17) is 0 Å². The molecule has 1 N–H and O–H groups in total. The molecule has 1 aliphatic heterocycles. The minimum Gasteiger partial charge on any atom is -0.312 e. The molecule has 2 nitrogen and oxygen atoms in total. The number of nitrogens with one attached hydrogen (secondary N) is 1. The van der Waals surface area contributed by atoms with Gasteiger partial charge in [0.2, 0.25) is 0 Å². The Morgan fingerprint density at radius 2 is 1.44 bits per heavy atom. The average molecular weight is 254 g/mol. The Hall–Kier alpha value is -0.0800. The maximum absolute atomic E-state index is 3.56. The second-order valence-corrected chi connectivity index (χ2v) is 6.85. The van der Waals surface area contributed by atoms with Gasteiger partial charge in [0.1, 0.15) is 0 Å². The first kappa shape index (κ1) is 16.0. The first-order chi connectivity index (χ1) is 8.58. The summed E-state index contributed by atoms with van der Waals surface area (Å²) in [6.07, 6.45) is 11.3. The van der Waals surface area contributed by atoms with E-state index >= 15 is 0 Å². The van der Waals surface area contributed by atoms with E-state index in [1.54, 1.807) is 0 Å². The van der Waals surface area contributed by atoms with Crippen LogP contribution in [0, 0.1) is 0 Å². The summed E-state index contributed by atoms with van der Waals surface area (Å²) >= 11 is 0. The van der Waals surface area contributed by atoms with Crippen molar-refractivity contribution >= 4 is 0 Å². The lowest BCUT2D eigenvalue weighted by atomic mass is 10.1. The summed E-state index contributed by atoms with van der Waals surface area (Å²) in [5.41, 5.74) is 0.284. The third-order valence-corrected chi connectivity index (χ3v) is 3.76. The van der Waals surface area contributed by atoms with Crippen molar-refractivity contribution < 1.29 is 0 Å². The highest BCUT2D eigenvalue weighted by Crippen LogP contribution is 2.11. The first-order valence-electron chi connectivity index (χ1n) is 8.05. The smallest absolute Gasteiger partial charge is 0.00965 e. The van der Waals surface area contributed by atoms with Crippen LogP contribution >= 0.6 is 0 Å². The molecule has 0 aliphatic carbocycles. The summed E-state index contributed by atoms with van der Waals surface area (Å²) in [6.45, 7) is 11.9. The number of likely N-dealkylation sites (tertiary alicyclic amines) is 1. The fraction of sp³-hybridized carbons (Fsp3) is 1.00. The zero-order valence-corrected chi connectivity index (χ0v) is 12.9. The fourth-order valence-electron chi connectivity index (χ4n) is 2.64. The van der Waals surface area contributed by atoms with Gasteiger partial charge < -0.3 is 10.2 Å². The first-order valence-corrected chi connectivity index (χ1v) is 8.05. The van der Waals surface area contributed by atoms with Crippen molar-refractivity contribution in [3.8, 4) is 0 Å². The monoisotopic (exact) mass is 254 g/mol. The van der Waals surface area contributed by atoms with Crippen LogP contribution < -0.4 is 5.32 Å². The van der Waals surface area contributed by atoms with Gasteiger partial charge in [0.05, 0.1) is 0 Å². The number of hydrogen-bond donors (Lipinski definition) is 1. The van der Waals surface area contributed by atoms with Crippen LogP contribution in [0.4, 0.5) is 0 Å². The van der Waals surface area contributed by atoms with Crippen molar-refractivity contribution in [2.75, 3.05) is 26.2 Å². The third kappa shape index (κ3) is 8.93. The summed E-state index contributed by atoms with van der Waals surface area (Å²) in [7, 11) is 0. The molecule has 18 heavy (non-hydrogen) atoms. The molecular formula is C16H34N2. The molecule has 108 valence electrons. The molecule has 0 aromatic carbocycles. The lowest BCUT2D eigenvalue weighted by molar-refractivity contribution is 0.277. The molecule has 0 atom stereocenters. The number of unbranched alkanes of at least 4 members (excludes halogenated alkanes) is 3. The summed E-state index contributed by atoms with van der Waals surface area (Å²) < 4.78 is 0. The van der Waals surface area contributed by atoms with Gasteiger partial charge in [-0.25, -0.2) is 0 Å². The molecule has 0 bridgehead atoms. The average Bonchev–Trinajstić information content (AvgIpc) is 2.55. The van der Waals surface area contributed by atoms with E-state index in [0.29, 0.717) is 0 Å². The Balaban J connectivity index is 1.89. The van der Waals surface area contributed by atoms with Crippen LogP contribution in [0.5, 0.6) is 0 Å². The molecule has 1 aliphatic rings. The van der Waals surface area contributed by atoms with E-state index in [0.717, 1.165) is 0 Å². The van der Waals surface area contributed by atoms with Gasteiger partial charge in [-0.3, -0.25) is 0 Å². The van der Waals surface area contributed by atoms with E-state index in [9.17, 15) is 0 Å². The topological polar surface area (TPSA) is 15.3 Å². The highest BCUT2D eigenvalue weighted by atomic mass is 15.1. The molecule has 0 radical (unpaired) electrons. The standard InChI is InChI=1S/C16H34N2/c1-16(2,3)17-12-8-4-5-9-13-18-14-10-6-7-11-15-18/h17H,4-15H2,1-3H3. The van der Waals surface area contributed by atoms with E-state index in [-0.39, 0.29) is 5.54 Å². The summed E-state index contributed by atoms with van der Waals surface area (Å²) in [5, 5.41) is 3.56. The summed E-state index contributed by atoms with van der Waals surface area (Å²) in [4.78, 5) is 2.68. The molecular weight excluding hydrogens is 220 g/mol. The highest BCUT2D eigenvalue weighted by Gasteiger charge is 2.08. The highest BCUT2D eigenvalue weighted by molar-refractivity contribution is 4.69. The molecule has 0 unspecified atom stereocenters. The van der Waals surface area contributed by atoms with Crippen molar-refractivity contribution in [3.63, 3.8) is 0 Å². The van der Waals surface area contributed by atoms with Crippen molar-refractivity contribution in [2.24, 2.45) is 0 Å². The number of nitrogens with zero attached hydrogens (tertiary/aromatic N) is 1. The maximum atomic E-state index is 3.56. The van der Waals surface area contributed by atoms with Gasteiger partial charge in [-0.2, -0.15) is 0 Å². The zero-order chi connectivity index (χ0) is 13.3. The van der Waals surface area contributed by atoms with Crippen LogP contribution in [0.3, 0.4) is 0 Å². The molecule has 0 amide bonds. The van der Waals surface area contributed by atoms with E-state index in [2.05, 4.69) is 31.0 Å². The zero-order valence-electron chi connectivity index (χ0n) is 12.9. The Labute approximate surface area is 115 Å². The summed E-state index contributed by atoms with van der Waals surface area (Å²) in [6, 6.07) is 0. The van der Waals surface area contributed by atoms with Gasteiger partial charge in [-0.1, -0.05) is 25.7 Å². The van der Waals surface area contributed by atoms with Crippen LogP contribution in [-0.2, 0) is 0 Å². The molecule has 1 fully saturated rings. The van der Waals surface area contributed by atoms with Crippen LogP contribution in [0.15, 0.2) is 0 Å². The Morgan fingerprint density at radius 1 is 0.833 bits per heavy atom. The van der Waals surface area contributed by atoms with E-state index in [1.165, 1.54) is 77.5 Å². The third-order valence-electron chi connectivity index (χ3n) is 3.76. The van der Waals surface area contributed by atoms with Crippen molar-refractivity contribution in [1.82, 2.24) is 10.2 Å². The van der Waals surface area contributed by atoms with Crippen LogP contribution in [-0.4, -0.2) is 36.6 Å². The molecule has 0 aromatic rings. The van der Waals surface area contributed by atoms with Crippen molar-refractivity contribution in [1.29, 1.82) is 0 Å². The van der Waals surface area contributed by atoms with Crippen LogP contribution in [0.1, 0.15) is 72.1 Å². The second kappa shape index (κ2) is 8.92. The van der Waals surface area contributed by atoms with Crippen LogP contribution in [0.25, 0.3) is 0 Å². The summed E-state index contributed by atoms with van der Waals surface area (Å²) in [5.74, 6) is 0. The molecule has 0 aromatic heterocycles. The molecule has 1 saturated heterocycles. The normalized spacial score (nSPS) is 18.8. The maximum Gasteiger partial charge on any atom is 0.00965 e. The minimum atomic E-state index is 0.284. The van der Waals surface area contributed by atoms with Gasteiger partial charge in [0, 0.05) is 5.54 Å². The van der Waals surface area contributed by atoms with Gasteiger partial charge >= 0.3 is 0 Å². The molecule has 1 heterocycles. The van der Waals surface area contributed by atoms with Gasteiger partial charge in [0.15, 0.2) is 0 Å². The number of hydrogen-bond acceptors (Lipinski definition) is 2.